The Morgan fingerprint density at radius 1 is 1.19 bits per heavy atom. The summed E-state index contributed by atoms with van der Waals surface area (Å²) in [5.74, 6) is 0.169. The topological polar surface area (TPSA) is 83.8 Å². The standard InChI is InChI=1S/C21H24N4O/c1-14(21(22)10-2-3-11-21)15-4-6-16(7-5-15)20(26)25-18-9-13-24-19-17(18)8-12-23-19/h4-9,12-14H,2-3,10-11,22H2,1H3,(H2,23,24,25,26). The first-order chi connectivity index (χ1) is 12.6. The van der Waals surface area contributed by atoms with Crippen molar-refractivity contribution in [1.29, 1.82) is 0 Å². The average molecular weight is 348 g/mol. The predicted octanol–water partition coefficient (Wildman–Crippen LogP) is 4.19. The number of amides is 1. The van der Waals surface area contributed by atoms with E-state index in [1.54, 1.807) is 6.20 Å². The maximum absolute atomic E-state index is 12.6. The molecule has 5 heteroatoms. The van der Waals surface area contributed by atoms with Crippen molar-refractivity contribution in [1.82, 2.24) is 9.97 Å². The molecular weight excluding hydrogens is 324 g/mol. The number of anilines is 1. The van der Waals surface area contributed by atoms with Gasteiger partial charge < -0.3 is 16.0 Å². The number of pyridine rings is 1. The number of nitrogens with zero attached hydrogens (tertiary/aromatic N) is 1. The fraction of sp³-hybridized carbons (Fsp3) is 0.333. The largest absolute Gasteiger partial charge is 0.346 e. The van der Waals surface area contributed by atoms with Gasteiger partial charge in [-0.3, -0.25) is 4.79 Å². The minimum atomic E-state index is -0.124. The fourth-order valence-electron chi connectivity index (χ4n) is 3.99. The van der Waals surface area contributed by atoms with Crippen LogP contribution in [0.4, 0.5) is 5.69 Å². The van der Waals surface area contributed by atoms with E-state index in [1.807, 2.05) is 42.6 Å². The SMILES string of the molecule is CC(c1ccc(C(=O)Nc2ccnc3[nH]ccc23)cc1)C1(N)CCCC1. The van der Waals surface area contributed by atoms with Gasteiger partial charge in [-0.25, -0.2) is 4.98 Å². The average Bonchev–Trinajstić information content (AvgIpc) is 3.31. The van der Waals surface area contributed by atoms with E-state index in [4.69, 9.17) is 5.73 Å². The van der Waals surface area contributed by atoms with Gasteiger partial charge in [0.15, 0.2) is 0 Å². The molecule has 1 amide bonds. The van der Waals surface area contributed by atoms with E-state index < -0.39 is 0 Å². The molecule has 5 nitrogen and oxygen atoms in total. The highest BCUT2D eigenvalue weighted by atomic mass is 16.1. The molecule has 2 heterocycles. The van der Waals surface area contributed by atoms with E-state index in [9.17, 15) is 4.79 Å². The Balaban J connectivity index is 1.51. The molecule has 1 unspecified atom stereocenters. The Bertz CT molecular complexity index is 923. The van der Waals surface area contributed by atoms with Gasteiger partial charge in [0.25, 0.3) is 5.91 Å². The van der Waals surface area contributed by atoms with Crippen LogP contribution in [0.15, 0.2) is 48.8 Å². The summed E-state index contributed by atoms with van der Waals surface area (Å²) in [5.41, 5.74) is 9.83. The summed E-state index contributed by atoms with van der Waals surface area (Å²) in [7, 11) is 0. The number of nitrogens with two attached hydrogens (primary N) is 1. The first kappa shape index (κ1) is 16.8. The summed E-state index contributed by atoms with van der Waals surface area (Å²) in [6.07, 6.45) is 8.06. The summed E-state index contributed by atoms with van der Waals surface area (Å²) >= 11 is 0. The summed E-state index contributed by atoms with van der Waals surface area (Å²) in [5, 5.41) is 3.88. The summed E-state index contributed by atoms with van der Waals surface area (Å²) in [6.45, 7) is 2.19. The van der Waals surface area contributed by atoms with Crippen molar-refractivity contribution in [3.05, 3.63) is 59.9 Å². The molecule has 1 aliphatic carbocycles. The van der Waals surface area contributed by atoms with Gasteiger partial charge in [-0.05, 0) is 48.6 Å². The zero-order chi connectivity index (χ0) is 18.1. The minimum Gasteiger partial charge on any atom is -0.346 e. The van der Waals surface area contributed by atoms with E-state index in [-0.39, 0.29) is 11.4 Å². The monoisotopic (exact) mass is 348 g/mol. The lowest BCUT2D eigenvalue weighted by atomic mass is 9.80. The lowest BCUT2D eigenvalue weighted by Gasteiger charge is -2.31. The normalized spacial score (nSPS) is 17.3. The van der Waals surface area contributed by atoms with Gasteiger partial charge in [0, 0.05) is 28.9 Å². The van der Waals surface area contributed by atoms with Crippen LogP contribution in [0.5, 0.6) is 0 Å². The number of carbonyl (C=O) groups excluding carboxylic acids is 1. The number of carbonyl (C=O) groups is 1. The summed E-state index contributed by atoms with van der Waals surface area (Å²) < 4.78 is 0. The molecule has 0 aliphatic heterocycles. The summed E-state index contributed by atoms with van der Waals surface area (Å²) in [6, 6.07) is 11.5. The third-order valence-electron chi connectivity index (χ3n) is 5.78. The number of aromatic nitrogens is 2. The van der Waals surface area contributed by atoms with Crippen LogP contribution in [0, 0.1) is 0 Å². The number of benzene rings is 1. The quantitative estimate of drug-likeness (QED) is 0.661. The Morgan fingerprint density at radius 3 is 2.65 bits per heavy atom. The molecule has 4 rings (SSSR count). The van der Waals surface area contributed by atoms with E-state index in [1.165, 1.54) is 18.4 Å². The first-order valence-electron chi connectivity index (χ1n) is 9.19. The molecule has 0 spiro atoms. The minimum absolute atomic E-state index is 0.110. The van der Waals surface area contributed by atoms with Crippen LogP contribution < -0.4 is 11.1 Å². The summed E-state index contributed by atoms with van der Waals surface area (Å²) in [4.78, 5) is 19.9. The maximum atomic E-state index is 12.6. The lowest BCUT2D eigenvalue weighted by Crippen LogP contribution is -2.41. The highest BCUT2D eigenvalue weighted by Gasteiger charge is 2.35. The highest BCUT2D eigenvalue weighted by Crippen LogP contribution is 2.39. The second-order valence-corrected chi connectivity index (χ2v) is 7.34. The molecular formula is C21H24N4O. The van der Waals surface area contributed by atoms with E-state index in [0.717, 1.165) is 29.6 Å². The van der Waals surface area contributed by atoms with E-state index in [2.05, 4.69) is 22.2 Å². The second kappa shape index (κ2) is 6.57. The zero-order valence-electron chi connectivity index (χ0n) is 15.0. The van der Waals surface area contributed by atoms with Crippen LogP contribution in [0.3, 0.4) is 0 Å². The highest BCUT2D eigenvalue weighted by molar-refractivity contribution is 6.08. The molecule has 0 radical (unpaired) electrons. The smallest absolute Gasteiger partial charge is 0.255 e. The number of fused-ring (bicyclic) bond motifs is 1. The van der Waals surface area contributed by atoms with Crippen LogP contribution in [-0.4, -0.2) is 21.4 Å². The Kier molecular flexibility index (Phi) is 4.24. The molecule has 0 bridgehead atoms. The third kappa shape index (κ3) is 2.99. The van der Waals surface area contributed by atoms with Crippen LogP contribution >= 0.6 is 0 Å². The Hall–Kier alpha value is -2.66. The van der Waals surface area contributed by atoms with Gasteiger partial charge in [-0.2, -0.15) is 0 Å². The fourth-order valence-corrected chi connectivity index (χ4v) is 3.99. The number of hydrogen-bond donors (Lipinski definition) is 3. The van der Waals surface area contributed by atoms with Crippen molar-refractivity contribution < 1.29 is 4.79 Å². The van der Waals surface area contributed by atoms with Crippen molar-refractivity contribution in [3.63, 3.8) is 0 Å². The van der Waals surface area contributed by atoms with Gasteiger partial charge in [0.05, 0.1) is 5.69 Å². The van der Waals surface area contributed by atoms with Crippen molar-refractivity contribution in [2.45, 2.75) is 44.1 Å². The van der Waals surface area contributed by atoms with Crippen molar-refractivity contribution >= 4 is 22.6 Å². The van der Waals surface area contributed by atoms with Crippen molar-refractivity contribution in [3.8, 4) is 0 Å². The van der Waals surface area contributed by atoms with Crippen LogP contribution in [0.25, 0.3) is 11.0 Å². The molecule has 0 saturated heterocycles. The maximum Gasteiger partial charge on any atom is 0.255 e. The van der Waals surface area contributed by atoms with Crippen LogP contribution in [-0.2, 0) is 0 Å². The van der Waals surface area contributed by atoms with E-state index in [0.29, 0.717) is 11.5 Å². The number of aromatic amines is 1. The predicted molar refractivity (Wildman–Crippen MR) is 104 cm³/mol. The number of rotatable bonds is 4. The van der Waals surface area contributed by atoms with Gasteiger partial charge in [-0.1, -0.05) is 31.9 Å². The van der Waals surface area contributed by atoms with E-state index >= 15 is 0 Å². The van der Waals surface area contributed by atoms with Crippen molar-refractivity contribution in [2.24, 2.45) is 5.73 Å². The molecule has 1 fully saturated rings. The first-order valence-corrected chi connectivity index (χ1v) is 9.19. The van der Waals surface area contributed by atoms with Crippen LogP contribution in [0.1, 0.15) is 54.4 Å². The lowest BCUT2D eigenvalue weighted by molar-refractivity contribution is 0.102. The molecule has 1 atom stereocenters. The molecule has 2 aromatic heterocycles. The third-order valence-corrected chi connectivity index (χ3v) is 5.78. The van der Waals surface area contributed by atoms with Gasteiger partial charge in [0.1, 0.15) is 5.65 Å². The second-order valence-electron chi connectivity index (χ2n) is 7.34. The molecule has 1 aromatic carbocycles. The number of hydrogen-bond acceptors (Lipinski definition) is 3. The Labute approximate surface area is 153 Å². The number of nitrogens with one attached hydrogen (secondary N) is 2. The molecule has 1 aliphatic rings. The molecule has 134 valence electrons. The molecule has 1 saturated carbocycles. The van der Waals surface area contributed by atoms with Gasteiger partial charge in [0.2, 0.25) is 0 Å². The number of H-pyrrole nitrogens is 1. The molecule has 3 aromatic rings. The Morgan fingerprint density at radius 2 is 1.92 bits per heavy atom. The van der Waals surface area contributed by atoms with Gasteiger partial charge >= 0.3 is 0 Å². The van der Waals surface area contributed by atoms with Crippen molar-refractivity contribution in [2.75, 3.05) is 5.32 Å². The zero-order valence-corrected chi connectivity index (χ0v) is 15.0. The molecule has 26 heavy (non-hydrogen) atoms. The van der Waals surface area contributed by atoms with Crippen LogP contribution in [0.2, 0.25) is 0 Å². The van der Waals surface area contributed by atoms with Gasteiger partial charge in [-0.15, -0.1) is 0 Å². The molecule has 4 N–H and O–H groups in total.